The summed E-state index contributed by atoms with van der Waals surface area (Å²) in [6.07, 6.45) is 4.37. The largest absolute Gasteiger partial charge is 0.357 e. The first kappa shape index (κ1) is 24.0. The minimum Gasteiger partial charge on any atom is -0.357 e. The number of guanidine groups is 1. The molecule has 1 heterocycles. The van der Waals surface area contributed by atoms with Gasteiger partial charge in [0.05, 0.1) is 11.4 Å². The van der Waals surface area contributed by atoms with Gasteiger partial charge in [-0.25, -0.2) is 13.4 Å². The number of nitrogens with one attached hydrogen (secondary N) is 2. The highest BCUT2D eigenvalue weighted by Crippen LogP contribution is 2.22. The lowest BCUT2D eigenvalue weighted by molar-refractivity contribution is 0.222. The van der Waals surface area contributed by atoms with Gasteiger partial charge in [-0.1, -0.05) is 18.2 Å². The molecule has 0 radical (unpaired) electrons. The quantitative estimate of drug-likeness (QED) is 0.328. The predicted molar refractivity (Wildman–Crippen MR) is 123 cm³/mol. The minimum atomic E-state index is -3.51. The molecule has 29 heavy (non-hydrogen) atoms. The van der Waals surface area contributed by atoms with Crippen LogP contribution in [0.3, 0.4) is 0 Å². The average Bonchev–Trinajstić information content (AvgIpc) is 2.72. The molecule has 0 aromatic heterocycles. The Balaban J connectivity index is 2.09. The zero-order chi connectivity index (χ0) is 21.1. The van der Waals surface area contributed by atoms with Crippen LogP contribution in [0.5, 0.6) is 0 Å². The van der Waals surface area contributed by atoms with E-state index in [9.17, 15) is 8.42 Å². The Morgan fingerprint density at radius 1 is 1.14 bits per heavy atom. The Bertz CT molecular complexity index is 747. The summed E-state index contributed by atoms with van der Waals surface area (Å²) in [6.45, 7) is 6.52. The molecule has 1 aromatic rings. The van der Waals surface area contributed by atoms with Gasteiger partial charge in [0.15, 0.2) is 5.96 Å². The Morgan fingerprint density at radius 2 is 1.86 bits per heavy atom. The van der Waals surface area contributed by atoms with E-state index >= 15 is 0 Å². The molecule has 0 atom stereocenters. The van der Waals surface area contributed by atoms with Crippen molar-refractivity contribution in [1.29, 1.82) is 0 Å². The number of piperazine rings is 1. The number of hydrogen-bond donors (Lipinski definition) is 2. The fourth-order valence-corrected chi connectivity index (χ4v) is 5.27. The molecule has 2 rings (SSSR count). The van der Waals surface area contributed by atoms with E-state index < -0.39 is 10.0 Å². The first-order valence-corrected chi connectivity index (χ1v) is 13.1. The van der Waals surface area contributed by atoms with Crippen molar-refractivity contribution >= 4 is 27.7 Å². The summed E-state index contributed by atoms with van der Waals surface area (Å²) in [5, 5.41) is 6.58. The third-order valence-electron chi connectivity index (χ3n) is 4.87. The molecule has 9 heteroatoms. The van der Waals surface area contributed by atoms with E-state index in [0.717, 1.165) is 49.9 Å². The Labute approximate surface area is 180 Å². The lowest BCUT2D eigenvalue weighted by atomic mass is 10.2. The van der Waals surface area contributed by atoms with E-state index in [2.05, 4.69) is 26.8 Å². The second-order valence-electron chi connectivity index (χ2n) is 7.14. The first-order chi connectivity index (χ1) is 14.0. The summed E-state index contributed by atoms with van der Waals surface area (Å²) in [5.41, 5.74) is 0.728. The molecule has 0 bridgehead atoms. The molecule has 1 aromatic carbocycles. The monoisotopic (exact) mass is 441 g/mol. The van der Waals surface area contributed by atoms with E-state index in [-0.39, 0.29) is 0 Å². The van der Waals surface area contributed by atoms with E-state index in [1.165, 1.54) is 6.42 Å². The standard InChI is InChI=1S/C20H35N5O2S2/c1-4-21-20(22-11-7-8-16-28-3)23-17-18-9-5-6-10-19(18)29(26,27)25-14-12-24(2)13-15-25/h5-6,9-10H,4,7-8,11-17H2,1-3H3,(H2,21,22,23). The fraction of sp³-hybridized carbons (Fsp3) is 0.650. The van der Waals surface area contributed by atoms with Gasteiger partial charge in [-0.15, -0.1) is 0 Å². The number of rotatable bonds is 10. The highest BCUT2D eigenvalue weighted by Gasteiger charge is 2.29. The lowest BCUT2D eigenvalue weighted by Gasteiger charge is -2.32. The average molecular weight is 442 g/mol. The maximum Gasteiger partial charge on any atom is 0.243 e. The van der Waals surface area contributed by atoms with Crippen LogP contribution in [-0.4, -0.2) is 81.9 Å². The molecule has 0 saturated carbocycles. The number of hydrogen-bond acceptors (Lipinski definition) is 5. The molecule has 0 amide bonds. The van der Waals surface area contributed by atoms with Gasteiger partial charge in [0.2, 0.25) is 10.0 Å². The molecular weight excluding hydrogens is 406 g/mol. The molecule has 0 aliphatic carbocycles. The van der Waals surface area contributed by atoms with Crippen molar-refractivity contribution in [3.05, 3.63) is 29.8 Å². The van der Waals surface area contributed by atoms with Gasteiger partial charge < -0.3 is 15.5 Å². The summed E-state index contributed by atoms with van der Waals surface area (Å²) in [5.74, 6) is 1.89. The fourth-order valence-electron chi connectivity index (χ4n) is 3.14. The normalized spacial score (nSPS) is 16.7. The summed E-state index contributed by atoms with van der Waals surface area (Å²) in [4.78, 5) is 7.14. The van der Waals surface area contributed by atoms with Crippen LogP contribution in [0.25, 0.3) is 0 Å². The van der Waals surface area contributed by atoms with Crippen LogP contribution in [0.4, 0.5) is 0 Å². The zero-order valence-corrected chi connectivity index (χ0v) is 19.5. The number of benzene rings is 1. The van der Waals surface area contributed by atoms with Crippen LogP contribution in [0.1, 0.15) is 25.3 Å². The number of likely N-dealkylation sites (N-methyl/N-ethyl adjacent to an activating group) is 1. The topological polar surface area (TPSA) is 77.0 Å². The SMILES string of the molecule is CCNC(=NCc1ccccc1S(=O)(=O)N1CCN(C)CC1)NCCCCSC. The van der Waals surface area contributed by atoms with Crippen molar-refractivity contribution in [2.24, 2.45) is 4.99 Å². The molecule has 0 spiro atoms. The van der Waals surface area contributed by atoms with Crippen LogP contribution < -0.4 is 10.6 Å². The second kappa shape index (κ2) is 12.4. The molecule has 1 aliphatic rings. The summed E-state index contributed by atoms with van der Waals surface area (Å²) in [7, 11) is -1.49. The first-order valence-electron chi connectivity index (χ1n) is 10.3. The maximum atomic E-state index is 13.2. The van der Waals surface area contributed by atoms with E-state index in [4.69, 9.17) is 0 Å². The third kappa shape index (κ3) is 7.47. The highest BCUT2D eigenvalue weighted by molar-refractivity contribution is 7.98. The van der Waals surface area contributed by atoms with Gasteiger partial charge in [0.1, 0.15) is 0 Å². The highest BCUT2D eigenvalue weighted by atomic mass is 32.2. The van der Waals surface area contributed by atoms with Crippen molar-refractivity contribution in [3.8, 4) is 0 Å². The molecule has 164 valence electrons. The van der Waals surface area contributed by atoms with Crippen molar-refractivity contribution in [3.63, 3.8) is 0 Å². The van der Waals surface area contributed by atoms with Crippen molar-refractivity contribution in [2.45, 2.75) is 31.2 Å². The zero-order valence-electron chi connectivity index (χ0n) is 17.9. The summed E-state index contributed by atoms with van der Waals surface area (Å²) in [6, 6.07) is 7.21. The minimum absolute atomic E-state index is 0.323. The van der Waals surface area contributed by atoms with Gasteiger partial charge >= 0.3 is 0 Å². The molecular formula is C20H35N5O2S2. The Morgan fingerprint density at radius 3 is 2.55 bits per heavy atom. The van der Waals surface area contributed by atoms with E-state index in [1.807, 2.05) is 37.9 Å². The maximum absolute atomic E-state index is 13.2. The van der Waals surface area contributed by atoms with Crippen molar-refractivity contribution < 1.29 is 8.42 Å². The van der Waals surface area contributed by atoms with E-state index in [1.54, 1.807) is 16.4 Å². The molecule has 7 nitrogen and oxygen atoms in total. The van der Waals surface area contributed by atoms with Crippen molar-refractivity contribution in [1.82, 2.24) is 19.8 Å². The molecule has 0 unspecified atom stereocenters. The van der Waals surface area contributed by atoms with Crippen LogP contribution in [-0.2, 0) is 16.6 Å². The van der Waals surface area contributed by atoms with Crippen LogP contribution in [0.15, 0.2) is 34.2 Å². The van der Waals surface area contributed by atoms with E-state index in [0.29, 0.717) is 24.5 Å². The van der Waals surface area contributed by atoms with Gasteiger partial charge in [0, 0.05) is 39.3 Å². The number of sulfonamides is 1. The van der Waals surface area contributed by atoms with Gasteiger partial charge in [-0.3, -0.25) is 0 Å². The number of aliphatic imine (C=N–C) groups is 1. The number of nitrogens with zero attached hydrogens (tertiary/aromatic N) is 3. The number of unbranched alkanes of at least 4 members (excludes halogenated alkanes) is 1. The van der Waals surface area contributed by atoms with Gasteiger partial charge in [-0.05, 0) is 50.5 Å². The molecule has 2 N–H and O–H groups in total. The van der Waals surface area contributed by atoms with Crippen molar-refractivity contribution in [2.75, 3.05) is 58.3 Å². The Kier molecular flexibility index (Phi) is 10.3. The molecule has 1 fully saturated rings. The second-order valence-corrected chi connectivity index (χ2v) is 10.0. The summed E-state index contributed by atoms with van der Waals surface area (Å²) < 4.78 is 28.0. The van der Waals surface area contributed by atoms with Gasteiger partial charge in [-0.2, -0.15) is 16.1 Å². The molecule has 1 aliphatic heterocycles. The van der Waals surface area contributed by atoms with Gasteiger partial charge in [0.25, 0.3) is 0 Å². The van der Waals surface area contributed by atoms with Crippen LogP contribution in [0, 0.1) is 0 Å². The molecule has 1 saturated heterocycles. The smallest absolute Gasteiger partial charge is 0.243 e. The van der Waals surface area contributed by atoms with Crippen LogP contribution in [0.2, 0.25) is 0 Å². The third-order valence-corrected chi connectivity index (χ3v) is 7.57. The Hall–Kier alpha value is -1.29. The predicted octanol–water partition coefficient (Wildman–Crippen LogP) is 1.82. The van der Waals surface area contributed by atoms with Crippen LogP contribution >= 0.6 is 11.8 Å². The lowest BCUT2D eigenvalue weighted by Crippen LogP contribution is -2.47. The summed E-state index contributed by atoms with van der Waals surface area (Å²) >= 11 is 1.86. The number of thioether (sulfide) groups is 1.